The van der Waals surface area contributed by atoms with E-state index in [1.54, 1.807) is 42.5 Å². The van der Waals surface area contributed by atoms with Crippen molar-refractivity contribution < 1.29 is 27.4 Å². The lowest BCUT2D eigenvalue weighted by molar-refractivity contribution is -0.114. The lowest BCUT2D eigenvalue weighted by atomic mass is 10.1. The molecule has 1 N–H and O–H groups in total. The molecule has 0 saturated carbocycles. The maximum Gasteiger partial charge on any atom is 0.268 e. The number of nitrogens with one attached hydrogen (secondary N) is 1. The number of rotatable bonds is 10. The van der Waals surface area contributed by atoms with Gasteiger partial charge in [-0.25, -0.2) is 8.42 Å². The van der Waals surface area contributed by atoms with Crippen LogP contribution in [-0.2, 0) is 14.8 Å². The molecule has 0 aromatic heterocycles. The second kappa shape index (κ2) is 11.1. The van der Waals surface area contributed by atoms with E-state index >= 15 is 0 Å². The minimum Gasteiger partial charge on any atom is -0.497 e. The Hall–Kier alpha value is -3.72. The Bertz CT molecular complexity index is 1290. The molecule has 0 heterocycles. The highest BCUT2D eigenvalue weighted by atomic mass is 32.2. The Morgan fingerprint density at radius 2 is 1.63 bits per heavy atom. The highest BCUT2D eigenvalue weighted by Gasteiger charge is 2.31. The number of benzene rings is 3. The fraction of sp³-hybridized carbons (Fsp3) is 0.269. The van der Waals surface area contributed by atoms with Gasteiger partial charge in [0.1, 0.15) is 28.7 Å². The molecule has 0 fully saturated rings. The lowest BCUT2D eigenvalue weighted by Crippen LogP contribution is -2.38. The van der Waals surface area contributed by atoms with Gasteiger partial charge in [0.05, 0.1) is 26.5 Å². The zero-order chi connectivity index (χ0) is 25.6. The number of aryl methyl sites for hydroxylation is 1. The average Bonchev–Trinajstić information content (AvgIpc) is 2.85. The molecular weight excluding hydrogens is 468 g/mol. The summed E-state index contributed by atoms with van der Waals surface area (Å²) in [5.41, 5.74) is 2.56. The van der Waals surface area contributed by atoms with Gasteiger partial charge in [0, 0.05) is 11.8 Å². The molecule has 0 radical (unpaired) electrons. The van der Waals surface area contributed by atoms with E-state index in [9.17, 15) is 13.2 Å². The molecule has 9 heteroatoms. The van der Waals surface area contributed by atoms with Crippen LogP contribution < -0.4 is 23.8 Å². The third-order valence-corrected chi connectivity index (χ3v) is 7.30. The number of hydrogen-bond donors (Lipinski definition) is 1. The molecule has 186 valence electrons. The van der Waals surface area contributed by atoms with Crippen molar-refractivity contribution >= 4 is 27.3 Å². The molecule has 3 aromatic carbocycles. The van der Waals surface area contributed by atoms with Gasteiger partial charge in [0.15, 0.2) is 0 Å². The van der Waals surface area contributed by atoms with Crippen molar-refractivity contribution in [2.24, 2.45) is 0 Å². The van der Waals surface area contributed by atoms with E-state index in [1.165, 1.54) is 26.4 Å². The molecule has 0 spiro atoms. The fourth-order valence-corrected chi connectivity index (χ4v) is 5.19. The zero-order valence-electron chi connectivity index (χ0n) is 20.5. The number of amides is 1. The molecule has 0 saturated heterocycles. The number of carbonyl (C=O) groups is 1. The highest BCUT2D eigenvalue weighted by Crippen LogP contribution is 2.34. The van der Waals surface area contributed by atoms with Crippen LogP contribution in [0.4, 0.5) is 11.4 Å². The van der Waals surface area contributed by atoms with E-state index in [4.69, 9.17) is 14.2 Å². The predicted molar refractivity (Wildman–Crippen MR) is 136 cm³/mol. The largest absolute Gasteiger partial charge is 0.497 e. The first-order chi connectivity index (χ1) is 16.7. The van der Waals surface area contributed by atoms with Crippen molar-refractivity contribution in [1.29, 1.82) is 0 Å². The highest BCUT2D eigenvalue weighted by molar-refractivity contribution is 7.93. The number of sulfonamides is 1. The first-order valence-corrected chi connectivity index (χ1v) is 12.5. The standard InChI is InChI=1S/C26H30N2O6S/c1-6-34-21-12-10-20(11-13-21)27-26(29)17-28(23-9-7-8-18(2)19(23)3)35(30,31)25-16-22(32-4)14-15-24(25)33-5/h7-16H,6,17H2,1-5H3,(H,27,29). The molecular formula is C26H30N2O6S. The van der Waals surface area contributed by atoms with Crippen LogP contribution in [0, 0.1) is 13.8 Å². The summed E-state index contributed by atoms with van der Waals surface area (Å²) in [5.74, 6) is 0.674. The number of ether oxygens (including phenoxy) is 3. The van der Waals surface area contributed by atoms with Crippen molar-refractivity contribution in [3.63, 3.8) is 0 Å². The summed E-state index contributed by atoms with van der Waals surface area (Å²) < 4.78 is 45.0. The van der Waals surface area contributed by atoms with Gasteiger partial charge in [0.2, 0.25) is 5.91 Å². The summed E-state index contributed by atoms with van der Waals surface area (Å²) >= 11 is 0. The molecule has 0 unspecified atom stereocenters. The first-order valence-electron chi connectivity index (χ1n) is 11.0. The van der Waals surface area contributed by atoms with E-state index in [0.717, 1.165) is 15.4 Å². The van der Waals surface area contributed by atoms with Gasteiger partial charge in [-0.2, -0.15) is 0 Å². The van der Waals surface area contributed by atoms with Crippen LogP contribution >= 0.6 is 0 Å². The van der Waals surface area contributed by atoms with Crippen LogP contribution in [0.25, 0.3) is 0 Å². The average molecular weight is 499 g/mol. The van der Waals surface area contributed by atoms with Gasteiger partial charge in [0.25, 0.3) is 10.0 Å². The maximum atomic E-state index is 13.9. The Balaban J connectivity index is 2.02. The van der Waals surface area contributed by atoms with Crippen LogP contribution in [0.5, 0.6) is 17.2 Å². The lowest BCUT2D eigenvalue weighted by Gasteiger charge is -2.27. The van der Waals surface area contributed by atoms with Crippen molar-refractivity contribution in [2.45, 2.75) is 25.7 Å². The van der Waals surface area contributed by atoms with Crippen LogP contribution in [0.2, 0.25) is 0 Å². The molecule has 3 rings (SSSR count). The molecule has 0 atom stereocenters. The van der Waals surface area contributed by atoms with E-state index in [1.807, 2.05) is 26.8 Å². The number of hydrogen-bond acceptors (Lipinski definition) is 6. The van der Waals surface area contributed by atoms with E-state index in [0.29, 0.717) is 29.5 Å². The van der Waals surface area contributed by atoms with Crippen LogP contribution in [0.3, 0.4) is 0 Å². The summed E-state index contributed by atoms with van der Waals surface area (Å²) in [6.45, 7) is 5.67. The number of methoxy groups -OCH3 is 2. The van der Waals surface area contributed by atoms with Crippen molar-refractivity contribution in [2.75, 3.05) is 37.0 Å². The molecule has 0 aliphatic heterocycles. The molecule has 35 heavy (non-hydrogen) atoms. The molecule has 1 amide bonds. The smallest absolute Gasteiger partial charge is 0.268 e. The normalized spacial score (nSPS) is 11.0. The minimum atomic E-state index is -4.22. The van der Waals surface area contributed by atoms with E-state index in [-0.39, 0.29) is 10.6 Å². The number of carbonyl (C=O) groups excluding carboxylic acids is 1. The van der Waals surface area contributed by atoms with E-state index < -0.39 is 22.5 Å². The maximum absolute atomic E-state index is 13.9. The van der Waals surface area contributed by atoms with Crippen molar-refractivity contribution in [1.82, 2.24) is 0 Å². The quantitative estimate of drug-likeness (QED) is 0.441. The number of anilines is 2. The van der Waals surface area contributed by atoms with Crippen LogP contribution in [0.1, 0.15) is 18.1 Å². The van der Waals surface area contributed by atoms with Gasteiger partial charge < -0.3 is 19.5 Å². The minimum absolute atomic E-state index is 0.103. The van der Waals surface area contributed by atoms with Crippen molar-refractivity contribution in [3.05, 3.63) is 71.8 Å². The monoisotopic (exact) mass is 498 g/mol. The van der Waals surface area contributed by atoms with Gasteiger partial charge >= 0.3 is 0 Å². The predicted octanol–water partition coefficient (Wildman–Crippen LogP) is 4.55. The molecule has 8 nitrogen and oxygen atoms in total. The molecule has 0 bridgehead atoms. The third-order valence-electron chi connectivity index (χ3n) is 5.52. The topological polar surface area (TPSA) is 94.2 Å². The molecule has 3 aromatic rings. The second-order valence-electron chi connectivity index (χ2n) is 7.75. The summed E-state index contributed by atoms with van der Waals surface area (Å²) in [6, 6.07) is 16.7. The Morgan fingerprint density at radius 3 is 2.26 bits per heavy atom. The Morgan fingerprint density at radius 1 is 0.943 bits per heavy atom. The van der Waals surface area contributed by atoms with Crippen molar-refractivity contribution in [3.8, 4) is 17.2 Å². The third kappa shape index (κ3) is 5.86. The van der Waals surface area contributed by atoms with Gasteiger partial charge in [-0.05, 0) is 74.4 Å². The Kier molecular flexibility index (Phi) is 8.24. The van der Waals surface area contributed by atoms with Crippen LogP contribution in [0.15, 0.2) is 65.6 Å². The van der Waals surface area contributed by atoms with Gasteiger partial charge in [-0.15, -0.1) is 0 Å². The van der Waals surface area contributed by atoms with Gasteiger partial charge in [-0.1, -0.05) is 12.1 Å². The molecule has 0 aliphatic rings. The zero-order valence-corrected chi connectivity index (χ0v) is 21.3. The second-order valence-corrected chi connectivity index (χ2v) is 9.58. The van der Waals surface area contributed by atoms with E-state index in [2.05, 4.69) is 5.32 Å². The Labute approximate surface area is 206 Å². The fourth-order valence-electron chi connectivity index (χ4n) is 3.54. The van der Waals surface area contributed by atoms with Crippen LogP contribution in [-0.4, -0.2) is 41.7 Å². The number of nitrogens with zero attached hydrogens (tertiary/aromatic N) is 1. The summed E-state index contributed by atoms with van der Waals surface area (Å²) in [5, 5.41) is 2.76. The first kappa shape index (κ1) is 25.9. The summed E-state index contributed by atoms with van der Waals surface area (Å²) in [7, 11) is -1.38. The van der Waals surface area contributed by atoms with Gasteiger partial charge in [-0.3, -0.25) is 9.10 Å². The summed E-state index contributed by atoms with van der Waals surface area (Å²) in [4.78, 5) is 13.0. The molecule has 0 aliphatic carbocycles. The summed E-state index contributed by atoms with van der Waals surface area (Å²) in [6.07, 6.45) is 0. The SMILES string of the molecule is CCOc1ccc(NC(=O)CN(c2cccc(C)c2C)S(=O)(=O)c2cc(OC)ccc2OC)cc1.